The van der Waals surface area contributed by atoms with E-state index in [-0.39, 0.29) is 11.6 Å². The number of amides is 1. The van der Waals surface area contributed by atoms with Crippen molar-refractivity contribution in [1.29, 1.82) is 0 Å². The van der Waals surface area contributed by atoms with Gasteiger partial charge in [0.1, 0.15) is 12.4 Å². The lowest BCUT2D eigenvalue weighted by Gasteiger charge is -2.33. The Morgan fingerprint density at radius 2 is 2.05 bits per heavy atom. The minimum atomic E-state index is -1.12. The summed E-state index contributed by atoms with van der Waals surface area (Å²) in [5.41, 5.74) is -0.128. The zero-order valence-corrected chi connectivity index (χ0v) is 12.8. The fourth-order valence-corrected chi connectivity index (χ4v) is 2.69. The predicted octanol–water partition coefficient (Wildman–Crippen LogP) is 2.29. The highest BCUT2D eigenvalue weighted by atomic mass is 79.9. The maximum Gasteiger partial charge on any atom is 0.323 e. The van der Waals surface area contributed by atoms with Crippen LogP contribution in [0.25, 0.3) is 0 Å². The van der Waals surface area contributed by atoms with Gasteiger partial charge in [0.05, 0.1) is 5.56 Å². The Morgan fingerprint density at radius 1 is 1.38 bits per heavy atom. The zero-order valence-electron chi connectivity index (χ0n) is 11.2. The van der Waals surface area contributed by atoms with Gasteiger partial charge < -0.3 is 14.7 Å². The van der Waals surface area contributed by atoms with E-state index < -0.39 is 24.2 Å². The van der Waals surface area contributed by atoms with Crippen LogP contribution in [0.5, 0.6) is 0 Å². The first-order chi connectivity index (χ1) is 9.99. The molecule has 0 saturated carbocycles. The molecule has 0 bridgehead atoms. The van der Waals surface area contributed by atoms with Gasteiger partial charge in [-0.1, -0.05) is 15.9 Å². The maximum atomic E-state index is 13.8. The number of halogens is 2. The second kappa shape index (κ2) is 7.00. The van der Waals surface area contributed by atoms with Crippen molar-refractivity contribution in [2.75, 3.05) is 19.8 Å². The molecule has 1 aromatic rings. The van der Waals surface area contributed by atoms with Gasteiger partial charge in [0.2, 0.25) is 0 Å². The molecule has 1 aromatic carbocycles. The molecule has 0 atom stereocenters. The Balaban J connectivity index is 2.28. The quantitative estimate of drug-likeness (QED) is 0.895. The average Bonchev–Trinajstić information content (AvgIpc) is 2.47. The largest absolute Gasteiger partial charge is 0.480 e. The lowest BCUT2D eigenvalue weighted by atomic mass is 10.0. The van der Waals surface area contributed by atoms with E-state index in [1.807, 2.05) is 0 Å². The molecule has 21 heavy (non-hydrogen) atoms. The summed E-state index contributed by atoms with van der Waals surface area (Å²) in [6, 6.07) is 3.79. The van der Waals surface area contributed by atoms with Crippen molar-refractivity contribution in [3.63, 3.8) is 0 Å². The van der Waals surface area contributed by atoms with Gasteiger partial charge in [-0.05, 0) is 31.0 Å². The van der Waals surface area contributed by atoms with E-state index in [2.05, 4.69) is 15.9 Å². The molecule has 0 aromatic heterocycles. The molecule has 1 N–H and O–H groups in total. The zero-order chi connectivity index (χ0) is 15.4. The maximum absolute atomic E-state index is 13.8. The standard InChI is InChI=1S/C14H15BrFNO4/c15-9-1-2-12(16)11(7-9)14(20)17(8-13(18)19)10-3-5-21-6-4-10/h1-2,7,10H,3-6,8H2,(H,18,19). The smallest absolute Gasteiger partial charge is 0.323 e. The number of carboxylic acids is 1. The second-order valence-corrected chi connectivity index (χ2v) is 5.71. The van der Waals surface area contributed by atoms with E-state index in [1.54, 1.807) is 0 Å². The summed E-state index contributed by atoms with van der Waals surface area (Å²) < 4.78 is 19.6. The molecule has 0 unspecified atom stereocenters. The molecule has 0 radical (unpaired) electrons. The van der Waals surface area contributed by atoms with Crippen molar-refractivity contribution in [2.45, 2.75) is 18.9 Å². The summed E-state index contributed by atoms with van der Waals surface area (Å²) >= 11 is 3.19. The van der Waals surface area contributed by atoms with Crippen molar-refractivity contribution in [3.8, 4) is 0 Å². The molecule has 1 heterocycles. The Hall–Kier alpha value is -1.47. The number of hydrogen-bond donors (Lipinski definition) is 1. The van der Waals surface area contributed by atoms with Crippen molar-refractivity contribution < 1.29 is 23.8 Å². The minimum absolute atomic E-state index is 0.128. The number of nitrogens with zero attached hydrogens (tertiary/aromatic N) is 1. The monoisotopic (exact) mass is 359 g/mol. The number of carboxylic acid groups (broad SMARTS) is 1. The molecule has 0 spiro atoms. The van der Waals surface area contributed by atoms with Crippen LogP contribution in [-0.4, -0.2) is 47.7 Å². The molecule has 7 heteroatoms. The van der Waals surface area contributed by atoms with Gasteiger partial charge in [0.15, 0.2) is 0 Å². The van der Waals surface area contributed by atoms with Gasteiger partial charge in [0.25, 0.3) is 5.91 Å². The molecule has 1 saturated heterocycles. The first-order valence-corrected chi connectivity index (χ1v) is 7.34. The lowest BCUT2D eigenvalue weighted by Crippen LogP contribution is -2.46. The molecule has 114 valence electrons. The number of carbonyl (C=O) groups excluding carboxylic acids is 1. The van der Waals surface area contributed by atoms with E-state index >= 15 is 0 Å². The SMILES string of the molecule is O=C(O)CN(C(=O)c1cc(Br)ccc1F)C1CCOCC1. The fraction of sp³-hybridized carbons (Fsp3) is 0.429. The molecule has 1 aliphatic heterocycles. The molecule has 1 fully saturated rings. The van der Waals surface area contributed by atoms with Gasteiger partial charge in [-0.3, -0.25) is 9.59 Å². The van der Waals surface area contributed by atoms with Crippen LogP contribution in [0.4, 0.5) is 4.39 Å². The fourth-order valence-electron chi connectivity index (χ4n) is 2.33. The van der Waals surface area contributed by atoms with Gasteiger partial charge in [-0.15, -0.1) is 0 Å². The Morgan fingerprint density at radius 3 is 2.67 bits per heavy atom. The summed E-state index contributed by atoms with van der Waals surface area (Å²) in [4.78, 5) is 24.7. The molecular weight excluding hydrogens is 345 g/mol. The number of hydrogen-bond acceptors (Lipinski definition) is 3. The number of ether oxygens (including phenoxy) is 1. The van der Waals surface area contributed by atoms with Crippen LogP contribution in [-0.2, 0) is 9.53 Å². The Bertz CT molecular complexity index is 546. The molecule has 1 amide bonds. The highest BCUT2D eigenvalue weighted by Gasteiger charge is 2.29. The topological polar surface area (TPSA) is 66.8 Å². The van der Waals surface area contributed by atoms with E-state index in [1.165, 1.54) is 23.1 Å². The van der Waals surface area contributed by atoms with Gasteiger partial charge >= 0.3 is 5.97 Å². The van der Waals surface area contributed by atoms with Crippen LogP contribution in [0.15, 0.2) is 22.7 Å². The van der Waals surface area contributed by atoms with E-state index in [0.29, 0.717) is 30.5 Å². The normalized spacial score (nSPS) is 15.7. The van der Waals surface area contributed by atoms with Crippen molar-refractivity contribution in [1.82, 2.24) is 4.90 Å². The highest BCUT2D eigenvalue weighted by Crippen LogP contribution is 2.21. The predicted molar refractivity (Wildman–Crippen MR) is 76.6 cm³/mol. The first kappa shape index (κ1) is 15.9. The Kier molecular flexibility index (Phi) is 5.30. The van der Waals surface area contributed by atoms with Crippen molar-refractivity contribution >= 4 is 27.8 Å². The molecule has 2 rings (SSSR count). The summed E-state index contributed by atoms with van der Waals surface area (Å²) in [5, 5.41) is 9.01. The third kappa shape index (κ3) is 4.01. The molecular formula is C14H15BrFNO4. The average molecular weight is 360 g/mol. The summed E-state index contributed by atoms with van der Waals surface area (Å²) in [6.07, 6.45) is 1.10. The van der Waals surface area contributed by atoms with E-state index in [4.69, 9.17) is 9.84 Å². The highest BCUT2D eigenvalue weighted by molar-refractivity contribution is 9.10. The number of aliphatic carboxylic acids is 1. The summed E-state index contributed by atoms with van der Waals surface area (Å²) in [7, 11) is 0. The lowest BCUT2D eigenvalue weighted by molar-refractivity contribution is -0.138. The number of carbonyl (C=O) groups is 2. The van der Waals surface area contributed by atoms with Crippen LogP contribution in [0, 0.1) is 5.82 Å². The van der Waals surface area contributed by atoms with Crippen LogP contribution < -0.4 is 0 Å². The molecule has 0 aliphatic carbocycles. The summed E-state index contributed by atoms with van der Waals surface area (Å²) in [6.45, 7) is 0.486. The summed E-state index contributed by atoms with van der Waals surface area (Å²) in [5.74, 6) is -2.39. The third-order valence-electron chi connectivity index (χ3n) is 3.36. The van der Waals surface area contributed by atoms with Crippen LogP contribution in [0.3, 0.4) is 0 Å². The van der Waals surface area contributed by atoms with Gasteiger partial charge in [-0.2, -0.15) is 0 Å². The van der Waals surface area contributed by atoms with Crippen molar-refractivity contribution in [2.24, 2.45) is 0 Å². The van der Waals surface area contributed by atoms with Crippen LogP contribution in [0.1, 0.15) is 23.2 Å². The van der Waals surface area contributed by atoms with E-state index in [9.17, 15) is 14.0 Å². The van der Waals surface area contributed by atoms with Gasteiger partial charge in [0, 0.05) is 23.7 Å². The van der Waals surface area contributed by atoms with E-state index in [0.717, 1.165) is 0 Å². The van der Waals surface area contributed by atoms with Crippen LogP contribution in [0.2, 0.25) is 0 Å². The third-order valence-corrected chi connectivity index (χ3v) is 3.85. The Labute approximate surface area is 129 Å². The minimum Gasteiger partial charge on any atom is -0.480 e. The number of benzene rings is 1. The van der Waals surface area contributed by atoms with Gasteiger partial charge in [-0.25, -0.2) is 4.39 Å². The first-order valence-electron chi connectivity index (χ1n) is 6.54. The molecule has 1 aliphatic rings. The van der Waals surface area contributed by atoms with Crippen molar-refractivity contribution in [3.05, 3.63) is 34.1 Å². The second-order valence-electron chi connectivity index (χ2n) is 4.79. The molecule has 5 nitrogen and oxygen atoms in total. The number of rotatable bonds is 4. The van der Waals surface area contributed by atoms with Crippen LogP contribution >= 0.6 is 15.9 Å².